The van der Waals surface area contributed by atoms with Gasteiger partial charge in [-0.15, -0.1) is 24.8 Å². The first-order valence-corrected chi connectivity index (χ1v) is 7.68. The van der Waals surface area contributed by atoms with Gasteiger partial charge in [-0.3, -0.25) is 4.99 Å². The first-order valence-electron chi connectivity index (χ1n) is 7.68. The topological polar surface area (TPSA) is 62.4 Å². The van der Waals surface area contributed by atoms with E-state index in [0.29, 0.717) is 12.5 Å². The van der Waals surface area contributed by atoms with Crippen molar-refractivity contribution in [2.45, 2.75) is 19.9 Å². The zero-order chi connectivity index (χ0) is 15.6. The van der Waals surface area contributed by atoms with E-state index in [4.69, 9.17) is 5.73 Å². The Kier molecular flexibility index (Phi) is 11.7. The second-order valence-electron chi connectivity index (χ2n) is 5.10. The lowest BCUT2D eigenvalue weighted by molar-refractivity contribution is 0.687. The fourth-order valence-electron chi connectivity index (χ4n) is 2.23. The van der Waals surface area contributed by atoms with Gasteiger partial charge in [0.2, 0.25) is 0 Å². The average Bonchev–Trinajstić information content (AvgIpc) is 2.53. The molecule has 2 aromatic carbocycles. The summed E-state index contributed by atoms with van der Waals surface area (Å²) < 4.78 is 0. The van der Waals surface area contributed by atoms with Gasteiger partial charge in [-0.2, -0.15) is 0 Å². The minimum absolute atomic E-state index is 0. The molecular formula is C18H26Cl2N4. The monoisotopic (exact) mass is 368 g/mol. The summed E-state index contributed by atoms with van der Waals surface area (Å²) in [6.07, 6.45) is 1.04. The van der Waals surface area contributed by atoms with Crippen molar-refractivity contribution in [2.75, 3.05) is 18.4 Å². The molecule has 4 nitrogen and oxygen atoms in total. The van der Waals surface area contributed by atoms with Crippen molar-refractivity contribution in [1.82, 2.24) is 5.32 Å². The van der Waals surface area contributed by atoms with E-state index in [-0.39, 0.29) is 24.8 Å². The Labute approximate surface area is 156 Å². The molecule has 0 aliphatic rings. The molecule has 6 heteroatoms. The van der Waals surface area contributed by atoms with Gasteiger partial charge in [0.25, 0.3) is 0 Å². The molecule has 0 bridgehead atoms. The van der Waals surface area contributed by atoms with Crippen LogP contribution >= 0.6 is 24.8 Å². The molecule has 2 aromatic rings. The van der Waals surface area contributed by atoms with Gasteiger partial charge in [-0.1, -0.05) is 42.5 Å². The third-order valence-corrected chi connectivity index (χ3v) is 3.29. The van der Waals surface area contributed by atoms with Crippen LogP contribution in [0, 0.1) is 0 Å². The second kappa shape index (κ2) is 12.6. The fraction of sp³-hybridized carbons (Fsp3) is 0.278. The van der Waals surface area contributed by atoms with E-state index in [0.717, 1.165) is 25.2 Å². The molecule has 0 aliphatic carbocycles. The highest BCUT2D eigenvalue weighted by Crippen LogP contribution is 2.10. The summed E-state index contributed by atoms with van der Waals surface area (Å²) >= 11 is 0. The molecule has 0 radical (unpaired) electrons. The minimum Gasteiger partial charge on any atom is -0.370 e. The Morgan fingerprint density at radius 2 is 1.71 bits per heavy atom. The number of nitrogens with zero attached hydrogens (tertiary/aromatic N) is 1. The van der Waals surface area contributed by atoms with Crippen molar-refractivity contribution >= 4 is 36.5 Å². The molecule has 0 saturated heterocycles. The number of hydrogen-bond acceptors (Lipinski definition) is 2. The molecule has 2 rings (SSSR count). The Balaban J connectivity index is 0.00000264. The van der Waals surface area contributed by atoms with Crippen molar-refractivity contribution < 1.29 is 0 Å². The van der Waals surface area contributed by atoms with E-state index in [2.05, 4.69) is 52.0 Å². The lowest BCUT2D eigenvalue weighted by Crippen LogP contribution is -2.23. The van der Waals surface area contributed by atoms with Crippen LogP contribution in [-0.2, 0) is 13.0 Å². The molecule has 132 valence electrons. The Morgan fingerprint density at radius 1 is 1.00 bits per heavy atom. The van der Waals surface area contributed by atoms with Gasteiger partial charge in [0, 0.05) is 18.8 Å². The molecule has 0 saturated carbocycles. The summed E-state index contributed by atoms with van der Waals surface area (Å²) in [5.74, 6) is 0.455. The van der Waals surface area contributed by atoms with Crippen LogP contribution in [-0.4, -0.2) is 19.0 Å². The first kappa shape index (κ1) is 22.2. The van der Waals surface area contributed by atoms with Crippen molar-refractivity contribution in [1.29, 1.82) is 0 Å². The van der Waals surface area contributed by atoms with Gasteiger partial charge in [0.1, 0.15) is 0 Å². The predicted octanol–water partition coefficient (Wildman–Crippen LogP) is 3.61. The lowest BCUT2D eigenvalue weighted by Gasteiger charge is -2.09. The average molecular weight is 369 g/mol. The molecular weight excluding hydrogens is 343 g/mol. The van der Waals surface area contributed by atoms with Gasteiger partial charge in [-0.05, 0) is 43.1 Å². The van der Waals surface area contributed by atoms with Gasteiger partial charge < -0.3 is 16.4 Å². The number of nitrogens with one attached hydrogen (secondary N) is 2. The Bertz CT molecular complexity index is 603. The molecule has 0 unspecified atom stereocenters. The quantitative estimate of drug-likeness (QED) is 0.397. The highest BCUT2D eigenvalue weighted by molar-refractivity contribution is 5.92. The highest BCUT2D eigenvalue weighted by Gasteiger charge is 1.98. The summed E-state index contributed by atoms with van der Waals surface area (Å²) in [6, 6.07) is 18.7. The van der Waals surface area contributed by atoms with Crippen molar-refractivity contribution in [3.8, 4) is 0 Å². The summed E-state index contributed by atoms with van der Waals surface area (Å²) in [5, 5.41) is 6.57. The van der Waals surface area contributed by atoms with Crippen LogP contribution < -0.4 is 16.4 Å². The van der Waals surface area contributed by atoms with E-state index in [1.165, 1.54) is 11.1 Å². The third-order valence-electron chi connectivity index (χ3n) is 3.29. The van der Waals surface area contributed by atoms with E-state index in [1.807, 2.05) is 25.1 Å². The van der Waals surface area contributed by atoms with Gasteiger partial charge >= 0.3 is 0 Å². The lowest BCUT2D eigenvalue weighted by atomic mass is 10.1. The van der Waals surface area contributed by atoms with Crippen molar-refractivity contribution in [3.05, 3.63) is 65.7 Å². The summed E-state index contributed by atoms with van der Waals surface area (Å²) in [6.45, 7) is 4.44. The number of anilines is 1. The van der Waals surface area contributed by atoms with Crippen molar-refractivity contribution in [2.24, 2.45) is 10.7 Å². The maximum absolute atomic E-state index is 5.78. The number of aliphatic imine (C=N–C) groups is 1. The number of halogens is 2. The van der Waals surface area contributed by atoms with Crippen molar-refractivity contribution in [3.63, 3.8) is 0 Å². The zero-order valence-electron chi connectivity index (χ0n) is 13.9. The molecule has 0 aromatic heterocycles. The Morgan fingerprint density at radius 3 is 2.42 bits per heavy atom. The van der Waals surface area contributed by atoms with Crippen LogP contribution in [0.2, 0.25) is 0 Å². The van der Waals surface area contributed by atoms with Crippen LogP contribution in [0.3, 0.4) is 0 Å². The largest absolute Gasteiger partial charge is 0.370 e. The van der Waals surface area contributed by atoms with Crippen LogP contribution in [0.4, 0.5) is 5.69 Å². The summed E-state index contributed by atoms with van der Waals surface area (Å²) in [7, 11) is 0. The Hall–Kier alpha value is -1.75. The number of benzene rings is 2. The molecule has 0 amide bonds. The van der Waals surface area contributed by atoms with Crippen LogP contribution in [0.25, 0.3) is 0 Å². The number of hydrogen-bond donors (Lipinski definition) is 3. The number of nitrogens with two attached hydrogens (primary N) is 1. The first-order chi connectivity index (χ1) is 10.8. The maximum Gasteiger partial charge on any atom is 0.193 e. The molecule has 24 heavy (non-hydrogen) atoms. The van der Waals surface area contributed by atoms with Crippen LogP contribution in [0.5, 0.6) is 0 Å². The van der Waals surface area contributed by atoms with Gasteiger partial charge in [0.15, 0.2) is 5.96 Å². The molecule has 0 fully saturated rings. The van der Waals surface area contributed by atoms with Crippen LogP contribution in [0.15, 0.2) is 59.6 Å². The van der Waals surface area contributed by atoms with E-state index < -0.39 is 0 Å². The normalized spacial score (nSPS) is 10.5. The highest BCUT2D eigenvalue weighted by atomic mass is 35.5. The number of rotatable bonds is 7. The molecule has 0 heterocycles. The van der Waals surface area contributed by atoms with Gasteiger partial charge in [-0.25, -0.2) is 0 Å². The fourth-order valence-corrected chi connectivity index (χ4v) is 2.23. The molecule has 0 atom stereocenters. The van der Waals surface area contributed by atoms with Crippen LogP contribution in [0.1, 0.15) is 18.1 Å². The number of guanidine groups is 1. The SMILES string of the molecule is CCN=C(N)Nc1cccc(CNCCc2ccccc2)c1.Cl.Cl. The summed E-state index contributed by atoms with van der Waals surface area (Å²) in [4.78, 5) is 4.13. The second-order valence-corrected chi connectivity index (χ2v) is 5.10. The molecule has 0 spiro atoms. The predicted molar refractivity (Wildman–Crippen MR) is 109 cm³/mol. The van der Waals surface area contributed by atoms with E-state index >= 15 is 0 Å². The maximum atomic E-state index is 5.78. The third kappa shape index (κ3) is 8.20. The summed E-state index contributed by atoms with van der Waals surface area (Å²) in [5.41, 5.74) is 9.33. The minimum atomic E-state index is 0. The molecule has 4 N–H and O–H groups in total. The van der Waals surface area contributed by atoms with E-state index in [1.54, 1.807) is 0 Å². The zero-order valence-corrected chi connectivity index (χ0v) is 15.5. The van der Waals surface area contributed by atoms with Gasteiger partial charge in [0.05, 0.1) is 0 Å². The smallest absolute Gasteiger partial charge is 0.193 e. The standard InChI is InChI=1S/C18H24N4.2ClH/c1-2-21-18(19)22-17-10-6-9-16(13-17)14-20-12-11-15-7-4-3-5-8-15;;/h3-10,13,20H,2,11-12,14H2,1H3,(H3,19,21,22);2*1H. The molecule has 0 aliphatic heterocycles. The van der Waals surface area contributed by atoms with E-state index in [9.17, 15) is 0 Å².